The van der Waals surface area contributed by atoms with Crippen LogP contribution in [0.1, 0.15) is 28.9 Å². The molecule has 8 nitrogen and oxygen atoms in total. The molecule has 1 saturated heterocycles. The molecule has 0 atom stereocenters. The molecule has 1 amide bonds. The van der Waals surface area contributed by atoms with E-state index in [1.807, 2.05) is 6.07 Å². The average molecular weight is 461 g/mol. The SMILES string of the molecule is COc1ccc(CN2CCC(NC(=O)c3nc(S(C)(=O)=O)n4ccccc34)CC2)cc1F. The highest BCUT2D eigenvalue weighted by Crippen LogP contribution is 2.21. The van der Waals surface area contributed by atoms with Crippen LogP contribution >= 0.6 is 0 Å². The third-order valence-corrected chi connectivity index (χ3v) is 6.56. The number of nitrogens with one attached hydrogen (secondary N) is 1. The van der Waals surface area contributed by atoms with Crippen molar-refractivity contribution in [2.45, 2.75) is 30.6 Å². The molecule has 3 heterocycles. The van der Waals surface area contributed by atoms with Gasteiger partial charge in [0.2, 0.25) is 15.0 Å². The van der Waals surface area contributed by atoms with Crippen LogP contribution in [0.15, 0.2) is 47.8 Å². The molecule has 2 aromatic heterocycles. The van der Waals surface area contributed by atoms with Crippen LogP contribution in [0.25, 0.3) is 5.52 Å². The lowest BCUT2D eigenvalue weighted by atomic mass is 10.0. The molecule has 0 spiro atoms. The molecule has 1 aliphatic heterocycles. The van der Waals surface area contributed by atoms with Gasteiger partial charge in [-0.1, -0.05) is 12.1 Å². The summed E-state index contributed by atoms with van der Waals surface area (Å²) in [6.07, 6.45) is 4.11. The fraction of sp³-hybridized carbons (Fsp3) is 0.364. The molecule has 4 rings (SSSR count). The summed E-state index contributed by atoms with van der Waals surface area (Å²) in [6, 6.07) is 10.0. The molecule has 1 fully saturated rings. The summed E-state index contributed by atoms with van der Waals surface area (Å²) < 4.78 is 44.4. The summed E-state index contributed by atoms with van der Waals surface area (Å²) in [5.41, 5.74) is 1.41. The Hall–Kier alpha value is -2.98. The highest BCUT2D eigenvalue weighted by Gasteiger charge is 2.26. The highest BCUT2D eigenvalue weighted by molar-refractivity contribution is 7.90. The van der Waals surface area contributed by atoms with E-state index in [-0.39, 0.29) is 34.4 Å². The number of likely N-dealkylation sites (tertiary alicyclic amines) is 1. The van der Waals surface area contributed by atoms with Crippen molar-refractivity contribution in [3.05, 3.63) is 59.7 Å². The maximum Gasteiger partial charge on any atom is 0.272 e. The summed E-state index contributed by atoms with van der Waals surface area (Å²) in [7, 11) is -2.15. The fourth-order valence-electron chi connectivity index (χ4n) is 3.99. The number of piperidine rings is 1. The van der Waals surface area contributed by atoms with Crippen LogP contribution in [0.4, 0.5) is 4.39 Å². The zero-order valence-electron chi connectivity index (χ0n) is 17.9. The van der Waals surface area contributed by atoms with Gasteiger partial charge in [-0.25, -0.2) is 17.8 Å². The first kappa shape index (κ1) is 22.2. The monoisotopic (exact) mass is 460 g/mol. The molecule has 0 radical (unpaired) electrons. The van der Waals surface area contributed by atoms with Crippen molar-refractivity contribution in [1.29, 1.82) is 0 Å². The van der Waals surface area contributed by atoms with Crippen molar-refractivity contribution in [3.8, 4) is 5.75 Å². The second kappa shape index (κ2) is 8.87. The average Bonchev–Trinajstić information content (AvgIpc) is 3.16. The number of sulfone groups is 1. The Morgan fingerprint density at radius 1 is 1.25 bits per heavy atom. The summed E-state index contributed by atoms with van der Waals surface area (Å²) in [5, 5.41) is 2.83. The first-order chi connectivity index (χ1) is 15.3. The minimum Gasteiger partial charge on any atom is -0.494 e. The van der Waals surface area contributed by atoms with Crippen LogP contribution in [0.3, 0.4) is 0 Å². The van der Waals surface area contributed by atoms with Crippen LogP contribution in [-0.2, 0) is 16.4 Å². The molecule has 0 aliphatic carbocycles. The zero-order valence-corrected chi connectivity index (χ0v) is 18.7. The van der Waals surface area contributed by atoms with Gasteiger partial charge in [0.25, 0.3) is 5.91 Å². The Kier molecular flexibility index (Phi) is 6.16. The normalized spacial score (nSPS) is 15.7. The molecule has 10 heteroatoms. The third-order valence-electron chi connectivity index (χ3n) is 5.61. The van der Waals surface area contributed by atoms with Gasteiger partial charge in [-0.15, -0.1) is 0 Å². The van der Waals surface area contributed by atoms with Gasteiger partial charge in [-0.05, 0) is 42.7 Å². The van der Waals surface area contributed by atoms with Crippen LogP contribution in [-0.4, -0.2) is 61.1 Å². The molecule has 170 valence electrons. The number of pyridine rings is 1. The number of nitrogens with zero attached hydrogens (tertiary/aromatic N) is 3. The van der Waals surface area contributed by atoms with E-state index in [1.54, 1.807) is 30.5 Å². The van der Waals surface area contributed by atoms with E-state index in [1.165, 1.54) is 17.6 Å². The number of ether oxygens (including phenoxy) is 1. The van der Waals surface area contributed by atoms with E-state index in [2.05, 4.69) is 15.2 Å². The second-order valence-electron chi connectivity index (χ2n) is 7.96. The Morgan fingerprint density at radius 2 is 2.00 bits per heavy atom. The first-order valence-corrected chi connectivity index (χ1v) is 12.2. The number of rotatable bonds is 6. The van der Waals surface area contributed by atoms with Crippen LogP contribution in [0.5, 0.6) is 5.75 Å². The number of methoxy groups -OCH3 is 1. The summed E-state index contributed by atoms with van der Waals surface area (Å²) in [4.78, 5) is 19.2. The van der Waals surface area contributed by atoms with E-state index in [9.17, 15) is 17.6 Å². The Morgan fingerprint density at radius 3 is 2.66 bits per heavy atom. The number of carbonyl (C=O) groups excluding carboxylic acids is 1. The third kappa shape index (κ3) is 4.61. The Labute approximate surface area is 185 Å². The number of hydrogen-bond donors (Lipinski definition) is 1. The predicted molar refractivity (Wildman–Crippen MR) is 117 cm³/mol. The molecule has 1 aromatic carbocycles. The zero-order chi connectivity index (χ0) is 22.9. The number of hydrogen-bond acceptors (Lipinski definition) is 6. The molecule has 3 aromatic rings. The van der Waals surface area contributed by atoms with Gasteiger partial charge < -0.3 is 10.1 Å². The van der Waals surface area contributed by atoms with E-state index in [4.69, 9.17) is 4.74 Å². The molecular formula is C22H25FN4O4S. The van der Waals surface area contributed by atoms with E-state index in [0.717, 1.165) is 37.8 Å². The van der Waals surface area contributed by atoms with Crippen molar-refractivity contribution < 1.29 is 22.3 Å². The van der Waals surface area contributed by atoms with Crippen LogP contribution < -0.4 is 10.1 Å². The predicted octanol–water partition coefficient (Wildman–Crippen LogP) is 2.28. The van der Waals surface area contributed by atoms with Crippen molar-refractivity contribution in [2.75, 3.05) is 26.5 Å². The second-order valence-corrected chi connectivity index (χ2v) is 9.87. The molecule has 1 aliphatic rings. The summed E-state index contributed by atoms with van der Waals surface area (Å²) >= 11 is 0. The maximum atomic E-state index is 13.9. The van der Waals surface area contributed by atoms with E-state index in [0.29, 0.717) is 12.1 Å². The molecule has 0 unspecified atom stereocenters. The van der Waals surface area contributed by atoms with Gasteiger partial charge >= 0.3 is 0 Å². The largest absolute Gasteiger partial charge is 0.494 e. The minimum atomic E-state index is -3.59. The van der Waals surface area contributed by atoms with Gasteiger partial charge in [0, 0.05) is 38.1 Å². The Bertz CT molecular complexity index is 1250. The maximum absolute atomic E-state index is 13.9. The van der Waals surface area contributed by atoms with Crippen molar-refractivity contribution >= 4 is 21.3 Å². The van der Waals surface area contributed by atoms with Gasteiger partial charge in [-0.2, -0.15) is 0 Å². The number of carbonyl (C=O) groups is 1. The molecule has 1 N–H and O–H groups in total. The minimum absolute atomic E-state index is 0.0477. The van der Waals surface area contributed by atoms with Gasteiger partial charge in [-0.3, -0.25) is 14.1 Å². The lowest BCUT2D eigenvalue weighted by Gasteiger charge is -2.32. The molecule has 0 saturated carbocycles. The van der Waals surface area contributed by atoms with Crippen molar-refractivity contribution in [3.63, 3.8) is 0 Å². The van der Waals surface area contributed by atoms with E-state index < -0.39 is 9.84 Å². The standard InChI is InChI=1S/C22H25FN4O4S/c1-31-19-7-6-15(13-17(19)23)14-26-11-8-16(9-12-26)24-21(28)20-18-5-3-4-10-27(18)22(25-20)32(2,29)30/h3-7,10,13,16H,8-9,11-12,14H2,1-2H3,(H,24,28). The summed E-state index contributed by atoms with van der Waals surface area (Å²) in [6.45, 7) is 2.11. The number of benzene rings is 1. The van der Waals surface area contributed by atoms with Gasteiger partial charge in [0.15, 0.2) is 17.3 Å². The first-order valence-electron chi connectivity index (χ1n) is 10.3. The number of aromatic nitrogens is 2. The molecule has 0 bridgehead atoms. The highest BCUT2D eigenvalue weighted by atomic mass is 32.2. The number of imidazole rings is 1. The van der Waals surface area contributed by atoms with Crippen molar-refractivity contribution in [2.24, 2.45) is 0 Å². The number of amides is 1. The fourth-order valence-corrected chi connectivity index (χ4v) is 4.77. The Balaban J connectivity index is 1.40. The molecule has 32 heavy (non-hydrogen) atoms. The topological polar surface area (TPSA) is 93.0 Å². The summed E-state index contributed by atoms with van der Waals surface area (Å²) in [5.74, 6) is -0.548. The number of halogens is 1. The van der Waals surface area contributed by atoms with Gasteiger partial charge in [0.1, 0.15) is 0 Å². The quantitative estimate of drug-likeness (QED) is 0.607. The van der Waals surface area contributed by atoms with E-state index >= 15 is 0 Å². The van der Waals surface area contributed by atoms with Crippen LogP contribution in [0, 0.1) is 5.82 Å². The van der Waals surface area contributed by atoms with Gasteiger partial charge in [0.05, 0.1) is 12.6 Å². The van der Waals surface area contributed by atoms with Crippen LogP contribution in [0.2, 0.25) is 0 Å². The molecular weight excluding hydrogens is 435 g/mol. The smallest absolute Gasteiger partial charge is 0.272 e. The number of fused-ring (bicyclic) bond motifs is 1. The lowest BCUT2D eigenvalue weighted by Crippen LogP contribution is -2.44. The lowest BCUT2D eigenvalue weighted by molar-refractivity contribution is 0.0905. The van der Waals surface area contributed by atoms with Crippen molar-refractivity contribution in [1.82, 2.24) is 19.6 Å².